The van der Waals surface area contributed by atoms with E-state index in [1.54, 1.807) is 30.2 Å². The Morgan fingerprint density at radius 3 is 2.62 bits per heavy atom. The van der Waals surface area contributed by atoms with E-state index < -0.39 is 17.8 Å². The summed E-state index contributed by atoms with van der Waals surface area (Å²) in [4.78, 5) is 29.3. The Labute approximate surface area is 193 Å². The van der Waals surface area contributed by atoms with Crippen molar-refractivity contribution in [3.8, 4) is 5.75 Å². The lowest BCUT2D eigenvalue weighted by Gasteiger charge is -2.23. The van der Waals surface area contributed by atoms with Crippen molar-refractivity contribution in [2.24, 2.45) is 23.7 Å². The number of carboxylic acids is 1. The van der Waals surface area contributed by atoms with Gasteiger partial charge in [-0.2, -0.15) is 0 Å². The van der Waals surface area contributed by atoms with Crippen LogP contribution >= 0.6 is 23.1 Å². The molecule has 5 rings (SSSR count). The molecule has 0 aliphatic heterocycles. The van der Waals surface area contributed by atoms with Gasteiger partial charge in [-0.25, -0.2) is 4.98 Å². The number of nitrogens with one attached hydrogen (secondary N) is 1. The number of carbonyl (C=O) groups excluding carboxylic acids is 1. The van der Waals surface area contributed by atoms with E-state index in [0.29, 0.717) is 5.69 Å². The van der Waals surface area contributed by atoms with Crippen LogP contribution in [0.25, 0.3) is 10.2 Å². The summed E-state index contributed by atoms with van der Waals surface area (Å²) in [5, 5.41) is 12.5. The van der Waals surface area contributed by atoms with Gasteiger partial charge in [0.25, 0.3) is 0 Å². The molecule has 0 unspecified atom stereocenters. The first-order chi connectivity index (χ1) is 15.5. The number of hydrogen-bond donors (Lipinski definition) is 2. The third-order valence-electron chi connectivity index (χ3n) is 6.20. The molecule has 6 nitrogen and oxygen atoms in total. The Hall–Kier alpha value is -2.84. The van der Waals surface area contributed by atoms with Crippen molar-refractivity contribution >= 4 is 50.9 Å². The first kappa shape index (κ1) is 21.0. The lowest BCUT2D eigenvalue weighted by atomic mass is 9.82. The number of fused-ring (bicyclic) bond motifs is 3. The molecular weight excluding hydrogens is 444 g/mol. The zero-order chi connectivity index (χ0) is 22.2. The molecule has 2 aromatic carbocycles. The van der Waals surface area contributed by atoms with Gasteiger partial charge in [0.05, 0.1) is 29.2 Å². The van der Waals surface area contributed by atoms with Crippen LogP contribution in [0.4, 0.5) is 5.69 Å². The predicted molar refractivity (Wildman–Crippen MR) is 126 cm³/mol. The first-order valence-corrected chi connectivity index (χ1v) is 12.2. The molecule has 3 aromatic rings. The number of benzene rings is 2. The molecule has 0 spiro atoms. The second kappa shape index (κ2) is 8.60. The molecule has 32 heavy (non-hydrogen) atoms. The fourth-order valence-electron chi connectivity index (χ4n) is 4.65. The molecule has 2 N–H and O–H groups in total. The SMILES string of the molecule is COc1ccc(CSc2nc3ccc(NC(=O)[C@H]4[C@@H](C(=O)O)[C@H]5C=C[C@H]4C5)cc3s2)cc1. The molecule has 1 aromatic heterocycles. The van der Waals surface area contributed by atoms with E-state index in [2.05, 4.69) is 10.3 Å². The number of carboxylic acid groups (broad SMARTS) is 1. The van der Waals surface area contributed by atoms with Gasteiger partial charge in [0, 0.05) is 11.4 Å². The van der Waals surface area contributed by atoms with Gasteiger partial charge in [-0.15, -0.1) is 11.3 Å². The second-order valence-electron chi connectivity index (χ2n) is 8.13. The van der Waals surface area contributed by atoms with Crippen molar-refractivity contribution < 1.29 is 19.4 Å². The Kier molecular flexibility index (Phi) is 5.65. The zero-order valence-corrected chi connectivity index (χ0v) is 19.0. The lowest BCUT2D eigenvalue weighted by molar-refractivity contribution is -0.146. The highest BCUT2D eigenvalue weighted by molar-refractivity contribution is 8.00. The minimum absolute atomic E-state index is 0.00851. The predicted octanol–water partition coefficient (Wildman–Crippen LogP) is 5.06. The van der Waals surface area contributed by atoms with E-state index in [9.17, 15) is 14.7 Å². The Morgan fingerprint density at radius 2 is 1.91 bits per heavy atom. The van der Waals surface area contributed by atoms with Gasteiger partial charge in [-0.3, -0.25) is 9.59 Å². The highest BCUT2D eigenvalue weighted by Crippen LogP contribution is 2.48. The van der Waals surface area contributed by atoms with Gasteiger partial charge in [0.1, 0.15) is 5.75 Å². The first-order valence-electron chi connectivity index (χ1n) is 10.4. The average Bonchev–Trinajstić information content (AvgIpc) is 3.51. The maximum absolute atomic E-state index is 12.9. The van der Waals surface area contributed by atoms with Crippen molar-refractivity contribution in [1.29, 1.82) is 0 Å². The number of allylic oxidation sites excluding steroid dienone is 2. The number of amides is 1. The average molecular weight is 467 g/mol. The Bertz CT molecular complexity index is 1200. The summed E-state index contributed by atoms with van der Waals surface area (Å²) in [5.41, 5.74) is 2.75. The van der Waals surface area contributed by atoms with Crippen LogP contribution in [0, 0.1) is 23.7 Å². The summed E-state index contributed by atoms with van der Waals surface area (Å²) in [6, 6.07) is 13.6. The van der Waals surface area contributed by atoms with Crippen molar-refractivity contribution in [1.82, 2.24) is 4.98 Å². The Balaban J connectivity index is 1.27. The van der Waals surface area contributed by atoms with Crippen LogP contribution in [0.5, 0.6) is 5.75 Å². The monoisotopic (exact) mass is 466 g/mol. The summed E-state index contributed by atoms with van der Waals surface area (Å²) < 4.78 is 7.15. The van der Waals surface area contributed by atoms with Gasteiger partial charge >= 0.3 is 5.97 Å². The number of nitrogens with zero attached hydrogens (tertiary/aromatic N) is 1. The van der Waals surface area contributed by atoms with Crippen LogP contribution in [0.15, 0.2) is 59.0 Å². The number of aliphatic carboxylic acids is 1. The van der Waals surface area contributed by atoms with Crippen LogP contribution < -0.4 is 10.1 Å². The Morgan fingerprint density at radius 1 is 1.16 bits per heavy atom. The molecule has 0 saturated heterocycles. The fourth-order valence-corrected chi connectivity index (χ4v) is 6.72. The topological polar surface area (TPSA) is 88.5 Å². The number of methoxy groups -OCH3 is 1. The third kappa shape index (κ3) is 4.00. The fraction of sp³-hybridized carbons (Fsp3) is 0.292. The highest BCUT2D eigenvalue weighted by atomic mass is 32.2. The largest absolute Gasteiger partial charge is 0.497 e. The van der Waals surface area contributed by atoms with Crippen LogP contribution in [-0.2, 0) is 15.3 Å². The van der Waals surface area contributed by atoms with Crippen LogP contribution in [0.1, 0.15) is 12.0 Å². The normalized spacial score (nSPS) is 23.5. The smallest absolute Gasteiger partial charge is 0.307 e. The molecule has 164 valence electrons. The number of thioether (sulfide) groups is 1. The van der Waals surface area contributed by atoms with Crippen LogP contribution in [-0.4, -0.2) is 29.1 Å². The zero-order valence-electron chi connectivity index (χ0n) is 17.4. The molecule has 1 fully saturated rings. The maximum atomic E-state index is 12.9. The van der Waals surface area contributed by atoms with E-state index in [-0.39, 0.29) is 17.7 Å². The van der Waals surface area contributed by atoms with Gasteiger partial charge in [0.15, 0.2) is 4.34 Å². The standard InChI is InChI=1S/C24H22N2O4S2/c1-30-17-7-2-13(3-8-17)12-31-24-26-18-9-6-16(11-19(18)32-24)25-22(27)20-14-4-5-15(10-14)21(20)23(28)29/h2-9,11,14-15,20-21H,10,12H2,1H3,(H,25,27)(H,28,29)/t14-,15-,20+,21-/m0/s1. The minimum Gasteiger partial charge on any atom is -0.497 e. The second-order valence-corrected chi connectivity index (χ2v) is 10.4. The van der Waals surface area contributed by atoms with Gasteiger partial charge < -0.3 is 15.2 Å². The van der Waals surface area contributed by atoms with E-state index in [1.165, 1.54) is 5.56 Å². The van der Waals surface area contributed by atoms with Gasteiger partial charge in [-0.05, 0) is 54.2 Å². The van der Waals surface area contributed by atoms with Crippen molar-refractivity contribution in [2.75, 3.05) is 12.4 Å². The molecule has 2 bridgehead atoms. The van der Waals surface area contributed by atoms with Gasteiger partial charge in [0.2, 0.25) is 5.91 Å². The summed E-state index contributed by atoms with van der Waals surface area (Å²) in [6.07, 6.45) is 4.69. The molecule has 0 radical (unpaired) electrons. The summed E-state index contributed by atoms with van der Waals surface area (Å²) >= 11 is 3.26. The summed E-state index contributed by atoms with van der Waals surface area (Å²) in [5.74, 6) is -0.651. The minimum atomic E-state index is -0.890. The van der Waals surface area contributed by atoms with Crippen LogP contribution in [0.3, 0.4) is 0 Å². The third-order valence-corrected chi connectivity index (χ3v) is 8.44. The number of ether oxygens (including phenoxy) is 1. The van der Waals surface area contributed by atoms with Crippen molar-refractivity contribution in [3.63, 3.8) is 0 Å². The summed E-state index contributed by atoms with van der Waals surface area (Å²) in [6.45, 7) is 0. The molecule has 1 heterocycles. The number of hydrogen-bond acceptors (Lipinski definition) is 6. The molecule has 4 atom stereocenters. The lowest BCUT2D eigenvalue weighted by Crippen LogP contribution is -2.36. The van der Waals surface area contributed by atoms with Crippen molar-refractivity contribution in [3.05, 3.63) is 60.2 Å². The van der Waals surface area contributed by atoms with Crippen molar-refractivity contribution in [2.45, 2.75) is 16.5 Å². The molecule has 2 aliphatic rings. The quantitative estimate of drug-likeness (QED) is 0.374. The maximum Gasteiger partial charge on any atom is 0.307 e. The number of aromatic nitrogens is 1. The number of carbonyl (C=O) groups is 2. The highest BCUT2D eigenvalue weighted by Gasteiger charge is 2.51. The van der Waals surface area contributed by atoms with E-state index in [0.717, 1.165) is 32.5 Å². The number of rotatable bonds is 7. The molecular formula is C24H22N2O4S2. The van der Waals surface area contributed by atoms with Gasteiger partial charge in [-0.1, -0.05) is 36.0 Å². The van der Waals surface area contributed by atoms with E-state index in [1.807, 2.05) is 54.6 Å². The summed E-state index contributed by atoms with van der Waals surface area (Å²) in [7, 11) is 1.65. The van der Waals surface area contributed by atoms with E-state index >= 15 is 0 Å². The van der Waals surface area contributed by atoms with E-state index in [4.69, 9.17) is 4.74 Å². The number of thiazole rings is 1. The molecule has 1 saturated carbocycles. The van der Waals surface area contributed by atoms with Crippen LogP contribution in [0.2, 0.25) is 0 Å². The molecule has 2 aliphatic carbocycles. The molecule has 8 heteroatoms. The molecule has 1 amide bonds. The number of anilines is 1.